The molecule has 0 unspecified atom stereocenters. The van der Waals surface area contributed by atoms with E-state index in [1.54, 1.807) is 0 Å². The smallest absolute Gasteiger partial charge is 0.0619 e. The molecule has 0 amide bonds. The van der Waals surface area contributed by atoms with Crippen molar-refractivity contribution in [3.63, 3.8) is 0 Å². The third kappa shape index (κ3) is 12.4. The van der Waals surface area contributed by atoms with Gasteiger partial charge in [-0.1, -0.05) is 301 Å². The Morgan fingerprint density at radius 1 is 0.213 bits per heavy atom. The molecule has 1 aromatic heterocycles. The van der Waals surface area contributed by atoms with Crippen LogP contribution in [-0.4, -0.2) is 4.57 Å². The Balaban J connectivity index is 0.000000174. The SMILES string of the molecule is Brc1cccc(-c2ccc(N(c3ccc(-c4ccccc4)cc3)c3ccc(-c4ccccc4)cc3)cc2)c1.[2HH].c1ccc(-c2ccc(N(c3ccc(-c4ccccc4)cc3)c3ccc(-c4cccc(-n5c6ccccc6c6cccc(-c7ccccc7)c65)c4)cc3)cc2)cc1. The molecule has 0 radical (unpaired) electrons. The summed E-state index contributed by atoms with van der Waals surface area (Å²) in [4.78, 5) is 4.65. The van der Waals surface area contributed by atoms with E-state index < -0.39 is 0 Å². The van der Waals surface area contributed by atoms with Crippen LogP contribution in [-0.2, 0) is 0 Å². The van der Waals surface area contributed by atoms with Crippen molar-refractivity contribution in [2.45, 2.75) is 0 Å². The predicted octanol–water partition coefficient (Wildman–Crippen LogP) is 26.1. The number of para-hydroxylation sites is 2. The molecule has 16 aromatic rings. The van der Waals surface area contributed by atoms with Crippen molar-refractivity contribution in [1.29, 1.82) is 0 Å². The van der Waals surface area contributed by atoms with Gasteiger partial charge in [-0.05, 0) is 175 Å². The number of fused-ring (bicyclic) bond motifs is 3. The minimum atomic E-state index is 0. The first-order chi connectivity index (χ1) is 46.5. The van der Waals surface area contributed by atoms with Crippen LogP contribution in [0.4, 0.5) is 34.1 Å². The quantitative estimate of drug-likeness (QED) is 0.107. The van der Waals surface area contributed by atoms with Crippen molar-refractivity contribution in [2.24, 2.45) is 0 Å². The lowest BCUT2D eigenvalue weighted by molar-refractivity contribution is 1.18. The Bertz CT molecular complexity index is 5020. The Hall–Kier alpha value is -11.8. The fourth-order valence-electron chi connectivity index (χ4n) is 12.9. The molecule has 0 aliphatic carbocycles. The Labute approximate surface area is 560 Å². The summed E-state index contributed by atoms with van der Waals surface area (Å²) in [6.45, 7) is 0. The number of nitrogens with zero attached hydrogens (tertiary/aromatic N) is 3. The molecule has 15 aromatic carbocycles. The van der Waals surface area contributed by atoms with Crippen molar-refractivity contribution in [3.05, 3.63) is 393 Å². The number of benzene rings is 15. The maximum atomic E-state index is 3.60. The molecule has 94 heavy (non-hydrogen) atoms. The van der Waals surface area contributed by atoms with Gasteiger partial charge in [0.05, 0.1) is 11.0 Å². The van der Waals surface area contributed by atoms with E-state index in [9.17, 15) is 0 Å². The van der Waals surface area contributed by atoms with Gasteiger partial charge in [-0.25, -0.2) is 0 Å². The summed E-state index contributed by atoms with van der Waals surface area (Å²) in [6, 6.07) is 139. The fraction of sp³-hybridized carbons (Fsp3) is 0. The molecule has 0 saturated carbocycles. The van der Waals surface area contributed by atoms with Crippen LogP contribution in [0.5, 0.6) is 0 Å². The van der Waals surface area contributed by atoms with Gasteiger partial charge in [0.2, 0.25) is 0 Å². The molecule has 0 atom stereocenters. The molecule has 3 nitrogen and oxygen atoms in total. The Morgan fingerprint density at radius 2 is 0.489 bits per heavy atom. The Kier molecular flexibility index (Phi) is 16.8. The maximum absolute atomic E-state index is 3.60. The summed E-state index contributed by atoms with van der Waals surface area (Å²) in [5.41, 5.74) is 27.0. The van der Waals surface area contributed by atoms with Crippen molar-refractivity contribution in [3.8, 4) is 83.6 Å². The van der Waals surface area contributed by atoms with Gasteiger partial charge in [0, 0.05) is 62.0 Å². The highest BCUT2D eigenvalue weighted by molar-refractivity contribution is 9.10. The van der Waals surface area contributed by atoms with Gasteiger partial charge >= 0.3 is 0 Å². The molecule has 0 N–H and O–H groups in total. The topological polar surface area (TPSA) is 11.4 Å². The van der Waals surface area contributed by atoms with Crippen LogP contribution >= 0.6 is 15.9 Å². The van der Waals surface area contributed by atoms with Crippen LogP contribution in [0, 0.1) is 0 Å². The standard InChI is InChI=1S/C54H38N2.C36H26BrN.H2/c1-4-14-39(15-5-1)41-26-32-46(33-27-41)55(47-34-28-42(29-35-47)40-16-6-2-7-17-40)48-36-30-43(31-37-48)45-20-12-21-49(38-45)56-53-25-11-10-22-51(53)52-24-13-23-50(54(52)56)44-18-8-3-9-19-44;37-33-13-7-12-32(26-33)31-18-24-36(25-19-31)38(34-20-14-29(15-21-34)27-8-3-1-4-9-27)35-22-16-30(17-23-35)28-10-5-2-6-11-28;/h1-38H;1-26H;1H/i;;1+1. The molecule has 0 aliphatic rings. The number of aromatic nitrogens is 1. The van der Waals surface area contributed by atoms with E-state index in [4.69, 9.17) is 0 Å². The second-order valence-electron chi connectivity index (χ2n) is 23.4. The summed E-state index contributed by atoms with van der Waals surface area (Å²) in [6.07, 6.45) is 0. The number of anilines is 6. The Morgan fingerprint density at radius 3 is 0.862 bits per heavy atom. The van der Waals surface area contributed by atoms with E-state index in [0.29, 0.717) is 0 Å². The zero-order valence-electron chi connectivity index (χ0n) is 51.7. The molecule has 0 saturated heterocycles. The summed E-state index contributed by atoms with van der Waals surface area (Å²) >= 11 is 3.60. The van der Waals surface area contributed by atoms with Crippen LogP contribution in [0.3, 0.4) is 0 Å². The van der Waals surface area contributed by atoms with Crippen molar-refractivity contribution < 1.29 is 1.43 Å². The summed E-state index contributed by atoms with van der Waals surface area (Å²) in [7, 11) is 0. The van der Waals surface area contributed by atoms with E-state index >= 15 is 0 Å². The average molecular weight is 1270 g/mol. The number of halogens is 1. The number of hydrogen-bond donors (Lipinski definition) is 0. The predicted molar refractivity (Wildman–Crippen MR) is 404 cm³/mol. The second-order valence-corrected chi connectivity index (χ2v) is 24.3. The summed E-state index contributed by atoms with van der Waals surface area (Å²) in [5.74, 6) is 0. The first kappa shape index (κ1) is 58.5. The van der Waals surface area contributed by atoms with E-state index in [2.05, 4.69) is 419 Å². The lowest BCUT2D eigenvalue weighted by Crippen LogP contribution is -2.09. The van der Waals surface area contributed by atoms with E-state index in [1.165, 1.54) is 99.7 Å². The molecular weight excluding hydrogens is 1200 g/mol. The van der Waals surface area contributed by atoms with Gasteiger partial charge in [-0.3, -0.25) is 0 Å². The lowest BCUT2D eigenvalue weighted by atomic mass is 10.0. The monoisotopic (exact) mass is 1270 g/mol. The minimum absolute atomic E-state index is 0. The summed E-state index contributed by atoms with van der Waals surface area (Å²) < 4.78 is 3.52. The van der Waals surface area contributed by atoms with Crippen LogP contribution in [0.2, 0.25) is 0 Å². The first-order valence-electron chi connectivity index (χ1n) is 31.9. The minimum Gasteiger partial charge on any atom is -0.311 e. The molecule has 1 heterocycles. The zero-order chi connectivity index (χ0) is 63.0. The van der Waals surface area contributed by atoms with Crippen molar-refractivity contribution in [2.75, 3.05) is 9.80 Å². The van der Waals surface area contributed by atoms with E-state index in [0.717, 1.165) is 44.3 Å². The number of rotatable bonds is 14. The lowest BCUT2D eigenvalue weighted by Gasteiger charge is -2.26. The van der Waals surface area contributed by atoms with Gasteiger partial charge in [-0.15, -0.1) is 0 Å². The van der Waals surface area contributed by atoms with Crippen LogP contribution in [0.25, 0.3) is 105 Å². The molecule has 0 spiro atoms. The van der Waals surface area contributed by atoms with Crippen molar-refractivity contribution >= 4 is 71.9 Å². The first-order valence-corrected chi connectivity index (χ1v) is 32.7. The molecule has 4 heteroatoms. The molecule has 16 rings (SSSR count). The van der Waals surface area contributed by atoms with Gasteiger partial charge < -0.3 is 14.4 Å². The summed E-state index contributed by atoms with van der Waals surface area (Å²) in [5, 5.41) is 2.51. The van der Waals surface area contributed by atoms with E-state index in [1.807, 2.05) is 0 Å². The largest absolute Gasteiger partial charge is 0.311 e. The van der Waals surface area contributed by atoms with Gasteiger partial charge in [0.25, 0.3) is 0 Å². The maximum Gasteiger partial charge on any atom is 0.0619 e. The third-order valence-corrected chi connectivity index (χ3v) is 18.0. The molecule has 448 valence electrons. The average Bonchev–Trinajstić information content (AvgIpc) is 1.59. The van der Waals surface area contributed by atoms with Crippen LogP contribution in [0.1, 0.15) is 1.43 Å². The third-order valence-electron chi connectivity index (χ3n) is 17.6. The zero-order valence-corrected chi connectivity index (χ0v) is 53.3. The highest BCUT2D eigenvalue weighted by atomic mass is 79.9. The van der Waals surface area contributed by atoms with Gasteiger partial charge in [0.15, 0.2) is 0 Å². The molecule has 0 aliphatic heterocycles. The molecule has 0 fully saturated rings. The number of hydrogen-bond acceptors (Lipinski definition) is 2. The normalized spacial score (nSPS) is 11.0. The van der Waals surface area contributed by atoms with E-state index in [-0.39, 0.29) is 1.43 Å². The van der Waals surface area contributed by atoms with Crippen LogP contribution < -0.4 is 9.80 Å². The van der Waals surface area contributed by atoms with Gasteiger partial charge in [0.1, 0.15) is 0 Å². The van der Waals surface area contributed by atoms with Crippen LogP contribution in [0.15, 0.2) is 393 Å². The molecule has 0 bridgehead atoms. The second kappa shape index (κ2) is 26.9. The van der Waals surface area contributed by atoms with Gasteiger partial charge in [-0.2, -0.15) is 0 Å². The highest BCUT2D eigenvalue weighted by Crippen LogP contribution is 2.42. The highest BCUT2D eigenvalue weighted by Gasteiger charge is 2.19. The van der Waals surface area contributed by atoms with Crippen molar-refractivity contribution in [1.82, 2.24) is 4.57 Å². The fourth-order valence-corrected chi connectivity index (χ4v) is 13.3. The molecular formula is C90H66BrN3.